The number of pyridine rings is 4. The third kappa shape index (κ3) is 15.6. The van der Waals surface area contributed by atoms with Gasteiger partial charge in [-0.3, -0.25) is 19.9 Å². The fourth-order valence-corrected chi connectivity index (χ4v) is 13.1. The summed E-state index contributed by atoms with van der Waals surface area (Å²) in [6.45, 7) is 4.10. The Morgan fingerprint density at radius 2 is 0.486 bits per heavy atom. The zero-order chi connectivity index (χ0) is 72.2. The SMILES string of the molecule is [Zn+2].c1cc(OCCOCCOc2cccc3cccnc23)c2c(c1)-c1nc-2nc2[n-]c(nc3nc(nc4[n-]c(n1)c1c(OCCOCCOc5cccc6cccnc56)cccc41)-c1c(OCCOCCOc4cccc5cccnc45)cccc1-3)c1c(OCCOCCOc3cccc4cccnc34)cccc21. The van der Waals surface area contributed by atoms with E-state index in [0.29, 0.717) is 166 Å². The minimum Gasteiger partial charge on any atom is -0.491 e. The zero-order valence-corrected chi connectivity index (χ0v) is 62.0. The van der Waals surface area contributed by atoms with Crippen molar-refractivity contribution in [3.63, 3.8) is 0 Å². The molecule has 109 heavy (non-hydrogen) atoms. The Kier molecular flexibility index (Phi) is 21.9. The van der Waals surface area contributed by atoms with E-state index >= 15 is 0 Å². The molecule has 0 atom stereocenters. The summed E-state index contributed by atoms with van der Waals surface area (Å²) in [5, 5.41) is 6.33. The average Bonchev–Trinajstić information content (AvgIpc) is 1.59. The van der Waals surface area contributed by atoms with Crippen molar-refractivity contribution in [3.8, 4) is 91.5 Å². The molecule has 0 fully saturated rings. The van der Waals surface area contributed by atoms with Crippen molar-refractivity contribution in [1.29, 1.82) is 0 Å². The normalized spacial score (nSPS) is 11.6. The van der Waals surface area contributed by atoms with Crippen molar-refractivity contribution in [2.24, 2.45) is 0 Å². The van der Waals surface area contributed by atoms with Crippen LogP contribution in [0.2, 0.25) is 0 Å². The number of rotatable bonds is 32. The third-order valence-electron chi connectivity index (χ3n) is 17.9. The molecule has 0 unspecified atom stereocenters. The third-order valence-corrected chi connectivity index (χ3v) is 17.9. The van der Waals surface area contributed by atoms with Gasteiger partial charge >= 0.3 is 19.5 Å². The molecule has 0 saturated heterocycles. The molecule has 9 heterocycles. The molecule has 8 aromatic carbocycles. The zero-order valence-electron chi connectivity index (χ0n) is 59.1. The van der Waals surface area contributed by atoms with Gasteiger partial charge in [-0.2, -0.15) is 0 Å². The Balaban J connectivity index is 0.00000904. The van der Waals surface area contributed by atoms with Gasteiger partial charge in [0.25, 0.3) is 0 Å². The summed E-state index contributed by atoms with van der Waals surface area (Å²) in [6, 6.07) is 61.7. The standard InChI is InChI=1S/C84H68N12O12.Zn/c1-13-53-17-9-33-85-73(53)65(29-1)105-49-41-97-37-45-101-61-25-5-21-57-69(61)81-89-77(57)94-82-71-59(23-7-27-63(71)103-47-39-99-43-51-107-67-31-3-15-55-19-11-35-87-75(55)67)79(91-82)96-84-72-60(24-8-28-64(72)104-48-40-100-44-52-108-68-32-4-16-56-20-12-36-88-76(56)68)80(92-84)95-83-70-58(78(90-83)93-81)22-6-26-62(70)102-46-38-98-42-50-106-66-30-2-14-54-18-10-34-86-74(54)66;/h1-36H,37-52H2;/q-2;+2. The van der Waals surface area contributed by atoms with E-state index in [0.717, 1.165) is 43.6 Å². The molecule has 2 aliphatic heterocycles. The molecular weight excluding hydrogens is 1430 g/mol. The molecule has 0 N–H and O–H groups in total. The van der Waals surface area contributed by atoms with Crippen molar-refractivity contribution in [1.82, 2.24) is 59.8 Å². The first-order valence-electron chi connectivity index (χ1n) is 35.5. The van der Waals surface area contributed by atoms with Crippen LogP contribution in [0.3, 0.4) is 0 Å². The van der Waals surface area contributed by atoms with E-state index in [1.54, 1.807) is 24.8 Å². The number of benzene rings is 8. The van der Waals surface area contributed by atoms with Crippen LogP contribution in [-0.2, 0) is 38.4 Å². The number of para-hydroxylation sites is 4. The Morgan fingerprint density at radius 3 is 0.817 bits per heavy atom. The maximum Gasteiger partial charge on any atom is 2.00 e. The molecule has 538 valence electrons. The number of fused-ring (bicyclic) bond motifs is 24. The van der Waals surface area contributed by atoms with Crippen LogP contribution in [-0.4, -0.2) is 156 Å². The van der Waals surface area contributed by atoms with E-state index in [2.05, 4.69) is 19.9 Å². The van der Waals surface area contributed by atoms with Gasteiger partial charge in [0, 0.05) is 90.8 Å². The van der Waals surface area contributed by atoms with Gasteiger partial charge in [0.05, 0.1) is 87.3 Å². The maximum absolute atomic E-state index is 6.63. The topological polar surface area (TPSA) is 268 Å². The number of aromatic nitrogens is 12. The summed E-state index contributed by atoms with van der Waals surface area (Å²) in [4.78, 5) is 60.4. The van der Waals surface area contributed by atoms with Crippen LogP contribution in [0.25, 0.3) is 133 Å². The minimum absolute atomic E-state index is 0. The van der Waals surface area contributed by atoms with E-state index in [-0.39, 0.29) is 95.3 Å². The first-order chi connectivity index (χ1) is 53.6. The molecule has 0 amide bonds. The second kappa shape index (κ2) is 33.6. The molecule has 7 aromatic heterocycles. The molecule has 25 heteroatoms. The van der Waals surface area contributed by atoms with Crippen LogP contribution in [0.15, 0.2) is 219 Å². The van der Waals surface area contributed by atoms with Crippen LogP contribution in [0.4, 0.5) is 0 Å². The van der Waals surface area contributed by atoms with Crippen LogP contribution in [0.1, 0.15) is 0 Å². The Labute approximate surface area is 636 Å². The fourth-order valence-electron chi connectivity index (χ4n) is 13.1. The molecule has 15 aromatic rings. The second-order valence-electron chi connectivity index (χ2n) is 24.8. The van der Waals surface area contributed by atoms with E-state index in [4.69, 9.17) is 96.7 Å². The summed E-state index contributed by atoms with van der Waals surface area (Å²) >= 11 is 0. The van der Waals surface area contributed by atoms with Gasteiger partial charge in [0.15, 0.2) is 0 Å². The van der Waals surface area contributed by atoms with Crippen LogP contribution in [0, 0.1) is 0 Å². The number of hydrogen-bond donors (Lipinski definition) is 0. The molecule has 0 saturated carbocycles. The first kappa shape index (κ1) is 70.9. The van der Waals surface area contributed by atoms with Crippen molar-refractivity contribution in [2.75, 3.05) is 106 Å². The average molecular weight is 1500 g/mol. The molecule has 17 rings (SSSR count). The Hall–Kier alpha value is -12.4. The fraction of sp³-hybridized carbons (Fsp3) is 0.190. The van der Waals surface area contributed by atoms with Crippen molar-refractivity contribution >= 4 is 87.7 Å². The molecule has 0 spiro atoms. The number of nitrogens with zero attached hydrogens (tertiary/aromatic N) is 12. The molecule has 2 aliphatic rings. The van der Waals surface area contributed by atoms with E-state index in [1.165, 1.54) is 0 Å². The molecular formula is C84H68N12O12Zn. The molecule has 8 bridgehead atoms. The van der Waals surface area contributed by atoms with Gasteiger partial charge in [-0.25, -0.2) is 9.97 Å². The van der Waals surface area contributed by atoms with Crippen molar-refractivity contribution in [2.45, 2.75) is 0 Å². The van der Waals surface area contributed by atoms with Crippen molar-refractivity contribution in [3.05, 3.63) is 219 Å². The van der Waals surface area contributed by atoms with Crippen molar-refractivity contribution < 1.29 is 76.3 Å². The quantitative estimate of drug-likeness (QED) is 0.0280. The summed E-state index contributed by atoms with van der Waals surface area (Å²) in [5.41, 5.74) is 6.64. The van der Waals surface area contributed by atoms with Crippen LogP contribution in [0.5, 0.6) is 46.0 Å². The van der Waals surface area contributed by atoms with Gasteiger partial charge in [0.2, 0.25) is 0 Å². The number of ether oxygens (including phenoxy) is 12. The maximum atomic E-state index is 6.63. The monoisotopic (exact) mass is 1500 g/mol. The minimum atomic E-state index is 0. The van der Waals surface area contributed by atoms with Gasteiger partial charge in [-0.05, 0) is 83.6 Å². The van der Waals surface area contributed by atoms with Gasteiger partial charge in [-0.1, -0.05) is 121 Å². The van der Waals surface area contributed by atoms with Crippen LogP contribution < -0.4 is 47.9 Å². The Bertz CT molecular complexity index is 5590. The predicted molar refractivity (Wildman–Crippen MR) is 408 cm³/mol. The van der Waals surface area contributed by atoms with Gasteiger partial charge < -0.3 is 86.7 Å². The summed E-state index contributed by atoms with van der Waals surface area (Å²) in [5.74, 6) is 5.78. The van der Waals surface area contributed by atoms with Gasteiger partial charge in [0.1, 0.15) is 121 Å². The largest absolute Gasteiger partial charge is 2.00 e. The second-order valence-corrected chi connectivity index (χ2v) is 24.8. The van der Waals surface area contributed by atoms with E-state index < -0.39 is 0 Å². The van der Waals surface area contributed by atoms with E-state index in [1.807, 2.05) is 194 Å². The molecule has 0 radical (unpaired) electrons. The van der Waals surface area contributed by atoms with E-state index in [9.17, 15) is 0 Å². The molecule has 0 aliphatic carbocycles. The summed E-state index contributed by atoms with van der Waals surface area (Å²) < 4.78 is 75.3. The first-order valence-corrected chi connectivity index (χ1v) is 35.5. The van der Waals surface area contributed by atoms with Gasteiger partial charge in [-0.15, -0.1) is 0 Å². The predicted octanol–water partition coefficient (Wildman–Crippen LogP) is 14.2. The smallest absolute Gasteiger partial charge is 0.491 e. The summed E-state index contributed by atoms with van der Waals surface area (Å²) in [7, 11) is 0. The summed E-state index contributed by atoms with van der Waals surface area (Å²) in [6.07, 6.45) is 7.00. The Morgan fingerprint density at radius 1 is 0.229 bits per heavy atom. The number of hydrogen-bond acceptors (Lipinski definition) is 22. The molecule has 24 nitrogen and oxygen atoms in total. The van der Waals surface area contributed by atoms with Crippen LogP contribution >= 0.6 is 0 Å².